The van der Waals surface area contributed by atoms with Crippen LogP contribution in [0.15, 0.2) is 42.5 Å². The third kappa shape index (κ3) is 4.28. The van der Waals surface area contributed by atoms with Gasteiger partial charge in [0.2, 0.25) is 5.91 Å². The quantitative estimate of drug-likeness (QED) is 0.728. The molecule has 5 nitrogen and oxygen atoms in total. The van der Waals surface area contributed by atoms with Crippen LogP contribution in [0.5, 0.6) is 17.2 Å². The molecule has 26 heavy (non-hydrogen) atoms. The topological polar surface area (TPSA) is 48.0 Å². The summed E-state index contributed by atoms with van der Waals surface area (Å²) in [7, 11) is 4.86. The lowest BCUT2D eigenvalue weighted by Crippen LogP contribution is -2.33. The second kappa shape index (κ2) is 8.13. The Hall–Kier alpha value is -2.69. The van der Waals surface area contributed by atoms with Gasteiger partial charge in [0, 0.05) is 12.6 Å². The Labute approximate surface area is 154 Å². The van der Waals surface area contributed by atoms with Gasteiger partial charge in [-0.05, 0) is 48.2 Å². The molecule has 0 radical (unpaired) electrons. The van der Waals surface area contributed by atoms with Crippen molar-refractivity contribution in [3.63, 3.8) is 0 Å². The van der Waals surface area contributed by atoms with Crippen molar-refractivity contribution in [1.82, 2.24) is 4.90 Å². The van der Waals surface area contributed by atoms with E-state index in [1.807, 2.05) is 47.4 Å². The number of rotatable bonds is 8. The summed E-state index contributed by atoms with van der Waals surface area (Å²) in [5, 5.41) is 0. The Kier molecular flexibility index (Phi) is 5.66. The van der Waals surface area contributed by atoms with Crippen molar-refractivity contribution in [2.24, 2.45) is 0 Å². The van der Waals surface area contributed by atoms with Gasteiger partial charge in [0.05, 0.1) is 27.8 Å². The van der Waals surface area contributed by atoms with Gasteiger partial charge >= 0.3 is 0 Å². The molecule has 0 unspecified atom stereocenters. The zero-order valence-corrected chi connectivity index (χ0v) is 15.5. The highest BCUT2D eigenvalue weighted by Crippen LogP contribution is 2.31. The van der Waals surface area contributed by atoms with Crippen molar-refractivity contribution >= 4 is 5.91 Å². The van der Waals surface area contributed by atoms with Crippen LogP contribution in [0.4, 0.5) is 0 Å². The molecule has 0 heterocycles. The fraction of sp³-hybridized carbons (Fsp3) is 0.381. The maximum Gasteiger partial charge on any atom is 0.227 e. The summed E-state index contributed by atoms with van der Waals surface area (Å²) in [5.74, 6) is 2.27. The zero-order chi connectivity index (χ0) is 18.5. The molecule has 2 aromatic carbocycles. The van der Waals surface area contributed by atoms with Crippen LogP contribution in [0.2, 0.25) is 0 Å². The first-order valence-electron chi connectivity index (χ1n) is 8.78. The summed E-state index contributed by atoms with van der Waals surface area (Å²) >= 11 is 0. The molecule has 1 saturated carbocycles. The molecule has 0 aliphatic heterocycles. The summed E-state index contributed by atoms with van der Waals surface area (Å²) in [6.45, 7) is 0.626. The molecule has 0 N–H and O–H groups in total. The number of hydrogen-bond donors (Lipinski definition) is 0. The zero-order valence-electron chi connectivity index (χ0n) is 15.5. The summed E-state index contributed by atoms with van der Waals surface area (Å²) < 4.78 is 15.8. The van der Waals surface area contributed by atoms with Gasteiger partial charge in [0.15, 0.2) is 11.5 Å². The third-order valence-corrected chi connectivity index (χ3v) is 4.62. The molecule has 1 amide bonds. The van der Waals surface area contributed by atoms with Gasteiger partial charge in [-0.15, -0.1) is 0 Å². The number of carbonyl (C=O) groups excluding carboxylic acids is 1. The number of amides is 1. The standard InChI is InChI=1S/C21H25NO4/c1-24-18-9-4-15(5-10-18)14-22(17-7-8-17)21(23)13-16-6-11-19(25-2)20(12-16)26-3/h4-6,9-12,17H,7-8,13-14H2,1-3H3. The largest absolute Gasteiger partial charge is 0.497 e. The number of hydrogen-bond acceptors (Lipinski definition) is 4. The maximum atomic E-state index is 12.9. The highest BCUT2D eigenvalue weighted by Gasteiger charge is 2.32. The predicted molar refractivity (Wildman–Crippen MR) is 99.8 cm³/mol. The first-order valence-corrected chi connectivity index (χ1v) is 8.78. The molecule has 1 fully saturated rings. The second-order valence-corrected chi connectivity index (χ2v) is 6.47. The SMILES string of the molecule is COc1ccc(CN(C(=O)Cc2ccc(OC)c(OC)c2)C2CC2)cc1. The van der Waals surface area contributed by atoms with Gasteiger partial charge < -0.3 is 19.1 Å². The number of carbonyl (C=O) groups is 1. The summed E-state index contributed by atoms with van der Waals surface area (Å²) in [6, 6.07) is 13.9. The molecule has 1 aliphatic rings. The van der Waals surface area contributed by atoms with Gasteiger partial charge in [-0.3, -0.25) is 4.79 Å². The highest BCUT2D eigenvalue weighted by atomic mass is 16.5. The normalized spacial score (nSPS) is 13.2. The summed E-state index contributed by atoms with van der Waals surface area (Å²) in [6.07, 6.45) is 2.51. The Morgan fingerprint density at radius 2 is 1.58 bits per heavy atom. The van der Waals surface area contributed by atoms with Crippen molar-refractivity contribution < 1.29 is 19.0 Å². The van der Waals surface area contributed by atoms with E-state index in [4.69, 9.17) is 14.2 Å². The number of ether oxygens (including phenoxy) is 3. The maximum absolute atomic E-state index is 12.9. The first kappa shape index (κ1) is 18.1. The van der Waals surface area contributed by atoms with Crippen molar-refractivity contribution in [2.45, 2.75) is 31.8 Å². The Bertz CT molecular complexity index is 753. The van der Waals surface area contributed by atoms with Crippen LogP contribution in [0.3, 0.4) is 0 Å². The minimum absolute atomic E-state index is 0.135. The van der Waals surface area contributed by atoms with Gasteiger partial charge in [0.1, 0.15) is 5.75 Å². The lowest BCUT2D eigenvalue weighted by atomic mass is 10.1. The molecule has 138 valence electrons. The van der Waals surface area contributed by atoms with E-state index in [2.05, 4.69) is 0 Å². The van der Waals surface area contributed by atoms with Crippen LogP contribution < -0.4 is 14.2 Å². The molecule has 1 aliphatic carbocycles. The second-order valence-electron chi connectivity index (χ2n) is 6.47. The average molecular weight is 355 g/mol. The highest BCUT2D eigenvalue weighted by molar-refractivity contribution is 5.79. The Balaban J connectivity index is 1.70. The van der Waals surface area contributed by atoms with Crippen molar-refractivity contribution in [3.05, 3.63) is 53.6 Å². The van der Waals surface area contributed by atoms with Crippen LogP contribution in [-0.2, 0) is 17.8 Å². The Morgan fingerprint density at radius 3 is 2.15 bits per heavy atom. The van der Waals surface area contributed by atoms with Crippen LogP contribution in [0, 0.1) is 0 Å². The van der Waals surface area contributed by atoms with E-state index in [0.717, 1.165) is 29.7 Å². The Morgan fingerprint density at radius 1 is 0.923 bits per heavy atom. The number of methoxy groups -OCH3 is 3. The van der Waals surface area contributed by atoms with Crippen LogP contribution in [-0.4, -0.2) is 38.2 Å². The van der Waals surface area contributed by atoms with E-state index in [0.29, 0.717) is 30.5 Å². The van der Waals surface area contributed by atoms with E-state index >= 15 is 0 Å². The average Bonchev–Trinajstić information content (AvgIpc) is 3.51. The molecule has 0 aromatic heterocycles. The van der Waals surface area contributed by atoms with E-state index in [1.165, 1.54) is 0 Å². The molecule has 3 rings (SSSR count). The van der Waals surface area contributed by atoms with Crippen LogP contribution in [0.1, 0.15) is 24.0 Å². The minimum atomic E-state index is 0.135. The molecule has 0 saturated heterocycles. The smallest absolute Gasteiger partial charge is 0.227 e. The minimum Gasteiger partial charge on any atom is -0.497 e. The van der Waals surface area contributed by atoms with Crippen LogP contribution >= 0.6 is 0 Å². The molecule has 5 heteroatoms. The van der Waals surface area contributed by atoms with Crippen molar-refractivity contribution in [2.75, 3.05) is 21.3 Å². The lowest BCUT2D eigenvalue weighted by molar-refractivity contribution is -0.131. The van der Waals surface area contributed by atoms with Crippen molar-refractivity contribution in [1.29, 1.82) is 0 Å². The first-order chi connectivity index (χ1) is 12.6. The molecular formula is C21H25NO4. The fourth-order valence-corrected chi connectivity index (χ4v) is 3.00. The lowest BCUT2D eigenvalue weighted by Gasteiger charge is -2.23. The molecule has 2 aromatic rings. The molecular weight excluding hydrogens is 330 g/mol. The predicted octanol–water partition coefficient (Wildman–Crippen LogP) is 3.45. The van der Waals surface area contributed by atoms with Gasteiger partial charge in [-0.25, -0.2) is 0 Å². The fourth-order valence-electron chi connectivity index (χ4n) is 3.00. The van der Waals surface area contributed by atoms with E-state index < -0.39 is 0 Å². The summed E-state index contributed by atoms with van der Waals surface area (Å²) in [4.78, 5) is 14.9. The van der Waals surface area contributed by atoms with Gasteiger partial charge in [0.25, 0.3) is 0 Å². The monoisotopic (exact) mass is 355 g/mol. The van der Waals surface area contributed by atoms with Crippen LogP contribution in [0.25, 0.3) is 0 Å². The van der Waals surface area contributed by atoms with Gasteiger partial charge in [-0.2, -0.15) is 0 Å². The van der Waals surface area contributed by atoms with E-state index in [-0.39, 0.29) is 5.91 Å². The van der Waals surface area contributed by atoms with Gasteiger partial charge in [-0.1, -0.05) is 18.2 Å². The molecule has 0 atom stereocenters. The van der Waals surface area contributed by atoms with Crippen molar-refractivity contribution in [3.8, 4) is 17.2 Å². The number of nitrogens with zero attached hydrogens (tertiary/aromatic N) is 1. The third-order valence-electron chi connectivity index (χ3n) is 4.62. The van der Waals surface area contributed by atoms with E-state index in [9.17, 15) is 4.79 Å². The molecule has 0 bridgehead atoms. The molecule has 0 spiro atoms. The van der Waals surface area contributed by atoms with E-state index in [1.54, 1.807) is 21.3 Å². The summed E-state index contributed by atoms with van der Waals surface area (Å²) in [5.41, 5.74) is 2.03. The number of benzene rings is 2.